The summed E-state index contributed by atoms with van der Waals surface area (Å²) in [6.45, 7) is 5.00. The van der Waals surface area contributed by atoms with Gasteiger partial charge in [0.25, 0.3) is 0 Å². The lowest BCUT2D eigenvalue weighted by Crippen LogP contribution is -2.45. The van der Waals surface area contributed by atoms with E-state index >= 15 is 0 Å². The van der Waals surface area contributed by atoms with Crippen molar-refractivity contribution < 1.29 is 24.5 Å². The summed E-state index contributed by atoms with van der Waals surface area (Å²) in [5.41, 5.74) is 0. The number of hydrogen-bond acceptors (Lipinski definition) is 5. The molecule has 476 valence electrons. The van der Waals surface area contributed by atoms with Gasteiger partial charge in [0.1, 0.15) is 0 Å². The summed E-state index contributed by atoms with van der Waals surface area (Å²) in [4.78, 5) is 24.6. The fraction of sp³-hybridized carbons (Fsp3) is 0.946. The molecule has 0 radical (unpaired) electrons. The Morgan fingerprint density at radius 3 is 0.887 bits per heavy atom. The highest BCUT2D eigenvalue weighted by Crippen LogP contribution is 2.19. The number of aliphatic hydroxyl groups is 2. The van der Waals surface area contributed by atoms with Crippen LogP contribution in [0, 0.1) is 0 Å². The van der Waals surface area contributed by atoms with Crippen LogP contribution in [0.2, 0.25) is 0 Å². The second kappa shape index (κ2) is 70.1. The normalized spacial score (nSPS) is 12.5. The third kappa shape index (κ3) is 65.7. The Kier molecular flexibility index (Phi) is 68.9. The minimum absolute atomic E-state index is 0.0177. The van der Waals surface area contributed by atoms with E-state index < -0.39 is 12.1 Å². The number of aliphatic hydroxyl groups excluding tert-OH is 2. The fourth-order valence-corrected chi connectivity index (χ4v) is 11.9. The molecule has 1 amide bonds. The van der Waals surface area contributed by atoms with Gasteiger partial charge in [0.05, 0.1) is 25.4 Å². The number of hydrogen-bond donors (Lipinski definition) is 3. The van der Waals surface area contributed by atoms with Crippen LogP contribution in [-0.2, 0) is 14.3 Å². The zero-order chi connectivity index (χ0) is 57.8. The number of ether oxygens (including phenoxy) is 1. The Morgan fingerprint density at radius 2 is 0.588 bits per heavy atom. The molecule has 0 bridgehead atoms. The van der Waals surface area contributed by atoms with Gasteiger partial charge in [-0.2, -0.15) is 0 Å². The number of rotatable bonds is 70. The largest absolute Gasteiger partial charge is 0.466 e. The topological polar surface area (TPSA) is 95.9 Å². The summed E-state index contributed by atoms with van der Waals surface area (Å²) in [7, 11) is 0. The monoisotopic (exact) mass is 1130 g/mol. The Bertz CT molecular complexity index is 1210. The number of amides is 1. The maximum absolute atomic E-state index is 12.6. The third-order valence-corrected chi connectivity index (χ3v) is 17.6. The first-order valence-corrected chi connectivity index (χ1v) is 36.9. The second-order valence-electron chi connectivity index (χ2n) is 25.6. The van der Waals surface area contributed by atoms with Crippen molar-refractivity contribution in [1.29, 1.82) is 0 Å². The summed E-state index contributed by atoms with van der Waals surface area (Å²) in [6.07, 6.45) is 87.0. The molecule has 2 unspecified atom stereocenters. The molecule has 3 N–H and O–H groups in total. The maximum atomic E-state index is 12.6. The first kappa shape index (κ1) is 78.6. The quantitative estimate of drug-likeness (QED) is 0.0320. The average Bonchev–Trinajstić information content (AvgIpc) is 3.46. The predicted octanol–water partition coefficient (Wildman–Crippen LogP) is 23.9. The van der Waals surface area contributed by atoms with Gasteiger partial charge in [-0.05, 0) is 51.4 Å². The Hall–Kier alpha value is -1.40. The van der Waals surface area contributed by atoms with Gasteiger partial charge >= 0.3 is 5.97 Å². The van der Waals surface area contributed by atoms with E-state index in [1.807, 2.05) is 0 Å². The van der Waals surface area contributed by atoms with Gasteiger partial charge in [-0.25, -0.2) is 0 Å². The number of carbonyl (C=O) groups excluding carboxylic acids is 2. The summed E-state index contributed by atoms with van der Waals surface area (Å²) >= 11 is 0. The van der Waals surface area contributed by atoms with Crippen LogP contribution in [0.5, 0.6) is 0 Å². The molecule has 6 heteroatoms. The molecule has 0 aliphatic carbocycles. The van der Waals surface area contributed by atoms with Crippen molar-refractivity contribution in [2.24, 2.45) is 0 Å². The Labute approximate surface area is 501 Å². The Balaban J connectivity index is 3.37. The van der Waals surface area contributed by atoms with Crippen molar-refractivity contribution in [2.75, 3.05) is 13.2 Å². The van der Waals surface area contributed by atoms with Gasteiger partial charge in [-0.3, -0.25) is 9.59 Å². The van der Waals surface area contributed by atoms with Gasteiger partial charge in [0, 0.05) is 12.8 Å². The summed E-state index contributed by atoms with van der Waals surface area (Å²) in [6, 6.07) is -0.542. The minimum atomic E-state index is -0.665. The molecule has 0 saturated carbocycles. The molecule has 80 heavy (non-hydrogen) atoms. The summed E-state index contributed by atoms with van der Waals surface area (Å²) in [5.74, 6) is -0.0117. The molecule has 0 rings (SSSR count). The zero-order valence-electron chi connectivity index (χ0n) is 54.6. The molecule has 0 spiro atoms. The van der Waals surface area contributed by atoms with E-state index in [1.165, 1.54) is 353 Å². The van der Waals surface area contributed by atoms with Crippen molar-refractivity contribution >= 4 is 11.9 Å². The molecule has 0 aliphatic heterocycles. The molecular weight excluding hydrogens is 983 g/mol. The van der Waals surface area contributed by atoms with Gasteiger partial charge in [0.2, 0.25) is 5.91 Å². The SMILES string of the molecule is CCCCCCCCCCCCCCCCCCCCCCCCCC(O)C(CO)NC(=O)CCCCCCCCCCCCCC/C=C\CCCCCCCCCCCCCCOC(=O)CCCCCCCCCCCCCC. The zero-order valence-corrected chi connectivity index (χ0v) is 54.6. The van der Waals surface area contributed by atoms with Crippen LogP contribution in [-0.4, -0.2) is 47.4 Å². The molecule has 0 heterocycles. The number of nitrogens with one attached hydrogen (secondary N) is 1. The smallest absolute Gasteiger partial charge is 0.305 e. The van der Waals surface area contributed by atoms with Crippen molar-refractivity contribution in [3.63, 3.8) is 0 Å². The highest BCUT2D eigenvalue weighted by molar-refractivity contribution is 5.76. The van der Waals surface area contributed by atoms with Crippen molar-refractivity contribution in [3.05, 3.63) is 12.2 Å². The van der Waals surface area contributed by atoms with Crippen LogP contribution in [0.25, 0.3) is 0 Å². The highest BCUT2D eigenvalue weighted by Gasteiger charge is 2.20. The lowest BCUT2D eigenvalue weighted by molar-refractivity contribution is -0.143. The van der Waals surface area contributed by atoms with Gasteiger partial charge in [0.15, 0.2) is 0 Å². The van der Waals surface area contributed by atoms with E-state index in [2.05, 4.69) is 31.3 Å². The van der Waals surface area contributed by atoms with E-state index in [4.69, 9.17) is 4.74 Å². The molecule has 0 aliphatic rings. The van der Waals surface area contributed by atoms with E-state index in [-0.39, 0.29) is 18.5 Å². The first-order chi connectivity index (χ1) is 39.5. The van der Waals surface area contributed by atoms with E-state index in [0.717, 1.165) is 38.5 Å². The fourth-order valence-electron chi connectivity index (χ4n) is 11.9. The standard InChI is InChI=1S/C74H145NO5/c1-3-5-7-9-11-13-15-17-18-19-20-21-28-31-34-37-40-43-46-50-54-58-62-66-72(77)71(70-76)75-73(78)67-63-59-55-51-47-44-41-38-35-32-29-26-24-22-23-25-27-30-33-36-39-42-45-49-53-57-61-65-69-80-74(79)68-64-60-56-52-48-16-14-12-10-8-6-4-2/h22-23,71-72,76-77H,3-21,24-70H2,1-2H3,(H,75,78)/b23-22-. The molecule has 6 nitrogen and oxygen atoms in total. The molecular formula is C74H145NO5. The molecule has 0 fully saturated rings. The minimum Gasteiger partial charge on any atom is -0.466 e. The molecule has 0 aromatic carbocycles. The van der Waals surface area contributed by atoms with Crippen LogP contribution in [0.4, 0.5) is 0 Å². The molecule has 2 atom stereocenters. The molecule has 0 aromatic rings. The van der Waals surface area contributed by atoms with Crippen molar-refractivity contribution in [1.82, 2.24) is 5.32 Å². The summed E-state index contributed by atoms with van der Waals surface area (Å²) in [5, 5.41) is 23.4. The second-order valence-corrected chi connectivity index (χ2v) is 25.6. The van der Waals surface area contributed by atoms with Crippen molar-refractivity contribution in [3.8, 4) is 0 Å². The van der Waals surface area contributed by atoms with Crippen molar-refractivity contribution in [2.45, 2.75) is 437 Å². The highest BCUT2D eigenvalue weighted by atomic mass is 16.5. The van der Waals surface area contributed by atoms with Gasteiger partial charge < -0.3 is 20.3 Å². The molecule has 0 aromatic heterocycles. The average molecular weight is 1130 g/mol. The van der Waals surface area contributed by atoms with Crippen LogP contribution in [0.15, 0.2) is 12.2 Å². The van der Waals surface area contributed by atoms with Gasteiger partial charge in [-0.1, -0.05) is 373 Å². The predicted molar refractivity (Wildman–Crippen MR) is 352 cm³/mol. The van der Waals surface area contributed by atoms with Crippen LogP contribution in [0.1, 0.15) is 425 Å². The van der Waals surface area contributed by atoms with E-state index in [9.17, 15) is 19.8 Å². The third-order valence-electron chi connectivity index (χ3n) is 17.6. The van der Waals surface area contributed by atoms with Gasteiger partial charge in [-0.15, -0.1) is 0 Å². The first-order valence-electron chi connectivity index (χ1n) is 36.9. The Morgan fingerprint density at radius 1 is 0.338 bits per heavy atom. The lowest BCUT2D eigenvalue weighted by Gasteiger charge is -2.22. The number of esters is 1. The number of allylic oxidation sites excluding steroid dienone is 2. The number of unbranched alkanes of at least 4 members (excludes halogenated alkanes) is 57. The van der Waals surface area contributed by atoms with Crippen LogP contribution in [0.3, 0.4) is 0 Å². The molecule has 0 saturated heterocycles. The number of carbonyl (C=O) groups is 2. The lowest BCUT2D eigenvalue weighted by atomic mass is 10.0. The van der Waals surface area contributed by atoms with E-state index in [1.54, 1.807) is 0 Å². The van der Waals surface area contributed by atoms with Crippen LogP contribution < -0.4 is 5.32 Å². The summed E-state index contributed by atoms with van der Waals surface area (Å²) < 4.78 is 5.48. The van der Waals surface area contributed by atoms with Crippen LogP contribution >= 0.6 is 0 Å². The maximum Gasteiger partial charge on any atom is 0.305 e. The van der Waals surface area contributed by atoms with E-state index in [0.29, 0.717) is 25.9 Å².